The highest BCUT2D eigenvalue weighted by molar-refractivity contribution is 14.0. The average molecular weight is 438 g/mol. The van der Waals surface area contributed by atoms with Gasteiger partial charge in [0.1, 0.15) is 0 Å². The van der Waals surface area contributed by atoms with Gasteiger partial charge in [-0.05, 0) is 30.4 Å². The molecule has 0 bridgehead atoms. The Bertz CT molecular complexity index is 428. The third kappa shape index (κ3) is 4.95. The summed E-state index contributed by atoms with van der Waals surface area (Å²) >= 11 is 3.53. The van der Waals surface area contributed by atoms with Gasteiger partial charge in [-0.2, -0.15) is 0 Å². The van der Waals surface area contributed by atoms with Crippen LogP contribution in [-0.4, -0.2) is 23.9 Å². The highest BCUT2D eigenvalue weighted by atomic mass is 127. The van der Waals surface area contributed by atoms with Gasteiger partial charge in [0.2, 0.25) is 0 Å². The number of benzene rings is 1. The molecule has 106 valence electrons. The fourth-order valence-corrected chi connectivity index (χ4v) is 2.54. The van der Waals surface area contributed by atoms with Crippen LogP contribution < -0.4 is 5.73 Å². The molecule has 1 fully saturated rings. The average Bonchev–Trinajstić information content (AvgIpc) is 2.38. The molecule has 0 unspecified atom stereocenters. The van der Waals surface area contributed by atoms with Crippen LogP contribution in [0.15, 0.2) is 33.7 Å². The fourth-order valence-electron chi connectivity index (χ4n) is 2.13. The van der Waals surface area contributed by atoms with Crippen molar-refractivity contribution in [2.45, 2.75) is 26.3 Å². The minimum Gasteiger partial charge on any atom is -0.370 e. The molecule has 1 heterocycles. The molecular weight excluding hydrogens is 417 g/mol. The molecule has 1 saturated heterocycles. The number of nitrogens with two attached hydrogens (primary N) is 1. The monoisotopic (exact) mass is 437 g/mol. The first-order chi connectivity index (χ1) is 8.66. The van der Waals surface area contributed by atoms with Crippen molar-refractivity contribution in [1.82, 2.24) is 4.90 Å². The lowest BCUT2D eigenvalue weighted by molar-refractivity contribution is 0.277. The minimum absolute atomic E-state index is 0. The summed E-state index contributed by atoms with van der Waals surface area (Å²) in [5.41, 5.74) is 7.22. The number of nitrogens with zero attached hydrogens (tertiary/aromatic N) is 2. The maximum Gasteiger partial charge on any atom is 0.191 e. The molecule has 0 aromatic heterocycles. The first-order valence-electron chi connectivity index (χ1n) is 6.45. The number of hydrogen-bond acceptors (Lipinski definition) is 1. The molecule has 1 aliphatic rings. The van der Waals surface area contributed by atoms with Crippen LogP contribution in [0, 0.1) is 5.92 Å². The van der Waals surface area contributed by atoms with E-state index in [2.05, 4.69) is 38.8 Å². The molecule has 1 aromatic rings. The van der Waals surface area contributed by atoms with Crippen LogP contribution in [0.4, 0.5) is 0 Å². The van der Waals surface area contributed by atoms with E-state index in [0.717, 1.165) is 23.5 Å². The zero-order valence-electron chi connectivity index (χ0n) is 11.2. The van der Waals surface area contributed by atoms with Crippen LogP contribution in [0.25, 0.3) is 0 Å². The molecule has 2 rings (SSSR count). The SMILES string of the molecule is CC1CCN(C(N)=NCc2ccccc2Br)CC1.I. The molecule has 0 atom stereocenters. The van der Waals surface area contributed by atoms with Gasteiger partial charge in [-0.1, -0.05) is 41.1 Å². The molecule has 3 nitrogen and oxygen atoms in total. The van der Waals surface area contributed by atoms with Gasteiger partial charge in [0.05, 0.1) is 6.54 Å². The summed E-state index contributed by atoms with van der Waals surface area (Å²) in [7, 11) is 0. The van der Waals surface area contributed by atoms with E-state index in [9.17, 15) is 0 Å². The number of likely N-dealkylation sites (tertiary alicyclic amines) is 1. The van der Waals surface area contributed by atoms with Crippen LogP contribution in [-0.2, 0) is 6.54 Å². The van der Waals surface area contributed by atoms with Crippen molar-refractivity contribution in [2.75, 3.05) is 13.1 Å². The normalized spacial score (nSPS) is 17.2. The van der Waals surface area contributed by atoms with E-state index in [1.807, 2.05) is 18.2 Å². The van der Waals surface area contributed by atoms with E-state index in [4.69, 9.17) is 5.73 Å². The Morgan fingerprint density at radius 2 is 2.00 bits per heavy atom. The maximum atomic E-state index is 6.05. The van der Waals surface area contributed by atoms with E-state index in [0.29, 0.717) is 12.5 Å². The Kier molecular flexibility index (Phi) is 7.13. The van der Waals surface area contributed by atoms with Crippen molar-refractivity contribution in [2.24, 2.45) is 16.6 Å². The number of aliphatic imine (C=N–C) groups is 1. The van der Waals surface area contributed by atoms with Crippen LogP contribution in [0.5, 0.6) is 0 Å². The van der Waals surface area contributed by atoms with Gasteiger partial charge < -0.3 is 10.6 Å². The van der Waals surface area contributed by atoms with Crippen LogP contribution in [0.1, 0.15) is 25.3 Å². The summed E-state index contributed by atoms with van der Waals surface area (Å²) in [5, 5.41) is 0. The van der Waals surface area contributed by atoms with Gasteiger partial charge in [0.25, 0.3) is 0 Å². The second-order valence-corrected chi connectivity index (χ2v) is 5.79. The summed E-state index contributed by atoms with van der Waals surface area (Å²) in [6, 6.07) is 8.13. The number of hydrogen-bond donors (Lipinski definition) is 1. The number of rotatable bonds is 2. The molecule has 1 aliphatic heterocycles. The predicted molar refractivity (Wildman–Crippen MR) is 94.9 cm³/mol. The molecule has 5 heteroatoms. The Balaban J connectivity index is 0.00000180. The third-order valence-electron chi connectivity index (χ3n) is 3.48. The second-order valence-electron chi connectivity index (χ2n) is 4.94. The van der Waals surface area contributed by atoms with Crippen molar-refractivity contribution >= 4 is 45.9 Å². The Labute approximate surface area is 140 Å². The molecule has 0 saturated carbocycles. The smallest absolute Gasteiger partial charge is 0.191 e. The molecule has 0 radical (unpaired) electrons. The van der Waals surface area contributed by atoms with E-state index in [1.165, 1.54) is 18.4 Å². The van der Waals surface area contributed by atoms with Crippen molar-refractivity contribution in [3.8, 4) is 0 Å². The molecule has 1 aromatic carbocycles. The standard InChI is InChI=1S/C14H20BrN3.HI/c1-11-6-8-18(9-7-11)14(16)17-10-12-4-2-3-5-13(12)15;/h2-5,11H,6-10H2,1H3,(H2,16,17);1H. The topological polar surface area (TPSA) is 41.6 Å². The number of guanidine groups is 1. The minimum atomic E-state index is 0. The summed E-state index contributed by atoms with van der Waals surface area (Å²) in [4.78, 5) is 6.69. The zero-order chi connectivity index (χ0) is 13.0. The van der Waals surface area contributed by atoms with E-state index in [-0.39, 0.29) is 24.0 Å². The van der Waals surface area contributed by atoms with Gasteiger partial charge >= 0.3 is 0 Å². The predicted octanol–water partition coefficient (Wildman–Crippen LogP) is 3.61. The maximum absolute atomic E-state index is 6.05. The van der Waals surface area contributed by atoms with Gasteiger partial charge in [-0.15, -0.1) is 24.0 Å². The van der Waals surface area contributed by atoms with Gasteiger partial charge in [-0.25, -0.2) is 4.99 Å². The summed E-state index contributed by atoms with van der Waals surface area (Å²) in [6.45, 7) is 5.00. The lowest BCUT2D eigenvalue weighted by Crippen LogP contribution is -2.42. The molecule has 2 N–H and O–H groups in total. The largest absolute Gasteiger partial charge is 0.370 e. The summed E-state index contributed by atoms with van der Waals surface area (Å²) < 4.78 is 1.09. The zero-order valence-corrected chi connectivity index (χ0v) is 15.1. The van der Waals surface area contributed by atoms with Gasteiger partial charge in [0, 0.05) is 17.6 Å². The van der Waals surface area contributed by atoms with Crippen molar-refractivity contribution < 1.29 is 0 Å². The molecule has 0 amide bonds. The highest BCUT2D eigenvalue weighted by Crippen LogP contribution is 2.18. The Hall–Kier alpha value is -0.300. The lowest BCUT2D eigenvalue weighted by Gasteiger charge is -2.31. The molecule has 19 heavy (non-hydrogen) atoms. The van der Waals surface area contributed by atoms with E-state index < -0.39 is 0 Å². The molecule has 0 spiro atoms. The first-order valence-corrected chi connectivity index (χ1v) is 7.24. The summed E-state index contributed by atoms with van der Waals surface area (Å²) in [6.07, 6.45) is 2.43. The quantitative estimate of drug-likeness (QED) is 0.436. The lowest BCUT2D eigenvalue weighted by atomic mass is 10.00. The summed E-state index contributed by atoms with van der Waals surface area (Å²) in [5.74, 6) is 1.50. The van der Waals surface area contributed by atoms with E-state index >= 15 is 0 Å². The van der Waals surface area contributed by atoms with Gasteiger partial charge in [0.15, 0.2) is 5.96 Å². The third-order valence-corrected chi connectivity index (χ3v) is 4.25. The van der Waals surface area contributed by atoms with Crippen molar-refractivity contribution in [1.29, 1.82) is 0 Å². The fraction of sp³-hybridized carbons (Fsp3) is 0.500. The highest BCUT2D eigenvalue weighted by Gasteiger charge is 2.16. The van der Waals surface area contributed by atoms with Gasteiger partial charge in [-0.3, -0.25) is 0 Å². The number of piperidine rings is 1. The van der Waals surface area contributed by atoms with Crippen LogP contribution in [0.3, 0.4) is 0 Å². The van der Waals surface area contributed by atoms with E-state index in [1.54, 1.807) is 0 Å². The second kappa shape index (κ2) is 8.09. The van der Waals surface area contributed by atoms with Crippen molar-refractivity contribution in [3.05, 3.63) is 34.3 Å². The van der Waals surface area contributed by atoms with Crippen molar-refractivity contribution in [3.63, 3.8) is 0 Å². The Morgan fingerprint density at radius 1 is 1.37 bits per heavy atom. The van der Waals surface area contributed by atoms with Crippen LogP contribution in [0.2, 0.25) is 0 Å². The molecule has 0 aliphatic carbocycles. The number of halogens is 2. The Morgan fingerprint density at radius 3 is 2.63 bits per heavy atom. The molecular formula is C14H21BrIN3. The first kappa shape index (κ1) is 16.8. The van der Waals surface area contributed by atoms with Crippen LogP contribution >= 0.6 is 39.9 Å².